The lowest BCUT2D eigenvalue weighted by atomic mass is 10.1. The monoisotopic (exact) mass is 331 g/mol. The molecular weight excluding hydrogens is 309 g/mol. The summed E-state index contributed by atoms with van der Waals surface area (Å²) in [6.07, 6.45) is 2.80. The lowest BCUT2D eigenvalue weighted by Crippen LogP contribution is -2.22. The summed E-state index contributed by atoms with van der Waals surface area (Å²) in [4.78, 5) is 11.7. The summed E-state index contributed by atoms with van der Waals surface area (Å²) >= 11 is 0.913. The molecule has 1 rings (SSSR count). The first-order valence-electron chi connectivity index (χ1n) is 6.72. The minimum Gasteiger partial charge on any atom is -0.465 e. The molecule has 0 saturated heterocycles. The standard InChI is InChI=1S/C13H20NO5S.Al.2H/c1-9(2)12(20(5,16)17)11-6-10(13(15)19-4)7-14(11)8-18-3;;;/h6-7,9,12H,1,8H2,2-5H3;;;. The second-order valence-corrected chi connectivity index (χ2v) is 8.15. The highest BCUT2D eigenvalue weighted by molar-refractivity contribution is 7.90. The van der Waals surface area contributed by atoms with Gasteiger partial charge in [-0.05, 0) is 12.0 Å². The first kappa shape index (κ1) is 18.2. The van der Waals surface area contributed by atoms with Crippen LogP contribution in [0.3, 0.4) is 0 Å². The van der Waals surface area contributed by atoms with Crippen LogP contribution in [0.15, 0.2) is 12.3 Å². The number of nitrogens with zero attached hydrogens (tertiary/aromatic N) is 1. The van der Waals surface area contributed by atoms with Crippen LogP contribution in [0.5, 0.6) is 0 Å². The van der Waals surface area contributed by atoms with Crippen LogP contribution in [0.2, 0.25) is 5.28 Å². The summed E-state index contributed by atoms with van der Waals surface area (Å²) in [5, 5.41) is 0.201. The van der Waals surface area contributed by atoms with Crippen molar-refractivity contribution in [1.82, 2.24) is 4.57 Å². The van der Waals surface area contributed by atoms with Crippen LogP contribution in [-0.2, 0) is 26.0 Å². The molecule has 0 radical (unpaired) electrons. The molecule has 0 fully saturated rings. The van der Waals surface area contributed by atoms with Gasteiger partial charge in [-0.2, -0.15) is 0 Å². The summed E-state index contributed by atoms with van der Waals surface area (Å²) in [5.41, 5.74) is 0.904. The molecule has 0 aliphatic heterocycles. The Balaban J connectivity index is 3.42. The molecule has 21 heavy (non-hydrogen) atoms. The minimum atomic E-state index is -3.30. The van der Waals surface area contributed by atoms with E-state index in [0.717, 1.165) is 21.6 Å². The molecule has 1 aromatic rings. The molecule has 0 bridgehead atoms. The maximum Gasteiger partial charge on any atom is 0.339 e. The summed E-state index contributed by atoms with van der Waals surface area (Å²) in [5.74, 6) is -0.500. The Kier molecular flexibility index (Phi) is 6.47. The lowest BCUT2D eigenvalue weighted by molar-refractivity contribution is 0.0600. The van der Waals surface area contributed by atoms with E-state index in [4.69, 9.17) is 9.47 Å². The molecule has 6 nitrogen and oxygen atoms in total. The van der Waals surface area contributed by atoms with Gasteiger partial charge in [-0.3, -0.25) is 0 Å². The van der Waals surface area contributed by atoms with Crippen molar-refractivity contribution in [2.24, 2.45) is 5.92 Å². The molecule has 2 atom stereocenters. The maximum atomic E-state index is 12.2. The quantitative estimate of drug-likeness (QED) is 0.542. The Morgan fingerprint density at radius 1 is 1.43 bits per heavy atom. The molecule has 0 saturated carbocycles. The van der Waals surface area contributed by atoms with E-state index in [2.05, 4.69) is 0 Å². The van der Waals surface area contributed by atoms with E-state index in [1.807, 2.05) is 6.92 Å². The van der Waals surface area contributed by atoms with Crippen molar-refractivity contribution in [2.45, 2.75) is 24.2 Å². The van der Waals surface area contributed by atoms with Gasteiger partial charge in [0.15, 0.2) is 9.84 Å². The fourth-order valence-electron chi connectivity index (χ4n) is 2.39. The number of aromatic nitrogens is 1. The third-order valence-corrected chi connectivity index (χ3v) is 6.45. The van der Waals surface area contributed by atoms with Crippen molar-refractivity contribution in [3.63, 3.8) is 0 Å². The van der Waals surface area contributed by atoms with E-state index in [9.17, 15) is 13.2 Å². The molecule has 0 aliphatic carbocycles. The number of esters is 1. The molecule has 1 aromatic heterocycles. The zero-order chi connectivity index (χ0) is 16.2. The predicted octanol–water partition coefficient (Wildman–Crippen LogP) is 0.652. The van der Waals surface area contributed by atoms with Crippen molar-refractivity contribution in [3.8, 4) is 0 Å². The van der Waals surface area contributed by atoms with Crippen molar-refractivity contribution in [2.75, 3.05) is 20.5 Å². The number of carbonyl (C=O) groups is 1. The molecule has 0 aliphatic rings. The zero-order valence-corrected chi connectivity index (χ0v) is 15.9. The Hall–Kier alpha value is -0.808. The molecule has 0 spiro atoms. The van der Waals surface area contributed by atoms with Crippen LogP contribution in [-0.4, -0.2) is 55.7 Å². The van der Waals surface area contributed by atoms with Crippen molar-refractivity contribution >= 4 is 32.1 Å². The third kappa shape index (κ3) is 4.33. The molecule has 1 heterocycles. The van der Waals surface area contributed by atoms with Crippen LogP contribution in [0.1, 0.15) is 28.2 Å². The number of carbonyl (C=O) groups excluding carboxylic acids is 1. The molecule has 2 unspecified atom stereocenters. The van der Waals surface area contributed by atoms with E-state index in [0.29, 0.717) is 11.3 Å². The van der Waals surface area contributed by atoms with Crippen LogP contribution in [0.25, 0.3) is 0 Å². The Morgan fingerprint density at radius 3 is 2.48 bits per heavy atom. The molecule has 0 N–H and O–H groups in total. The topological polar surface area (TPSA) is 74.6 Å². The molecule has 0 aromatic carbocycles. The van der Waals surface area contributed by atoms with Crippen molar-refractivity contribution in [1.29, 1.82) is 0 Å². The number of methoxy groups -OCH3 is 2. The number of hydrogen-bond donors (Lipinski definition) is 0. The number of rotatable bonds is 7. The number of ether oxygens (including phenoxy) is 2. The molecule has 118 valence electrons. The van der Waals surface area contributed by atoms with Gasteiger partial charge in [0.2, 0.25) is 16.3 Å². The van der Waals surface area contributed by atoms with Crippen LogP contribution >= 0.6 is 0 Å². The smallest absolute Gasteiger partial charge is 0.339 e. The third-order valence-electron chi connectivity index (χ3n) is 3.53. The second kappa shape index (κ2) is 7.45. The number of hydrogen-bond acceptors (Lipinski definition) is 5. The van der Waals surface area contributed by atoms with Gasteiger partial charge in [0, 0.05) is 25.3 Å². The Morgan fingerprint density at radius 2 is 2.05 bits per heavy atom. The summed E-state index contributed by atoms with van der Waals surface area (Å²) in [6, 6.07) is 1.59. The SMILES string of the molecule is COCn1cc(C(=O)OC)cc1C(C(C)[CH2][AlH2])S(C)(=O)=O. The van der Waals surface area contributed by atoms with Gasteiger partial charge in [0.25, 0.3) is 0 Å². The van der Waals surface area contributed by atoms with Gasteiger partial charge >= 0.3 is 5.97 Å². The average molecular weight is 331 g/mol. The first-order valence-corrected chi connectivity index (χ1v) is 10.1. The highest BCUT2D eigenvalue weighted by Crippen LogP contribution is 2.33. The highest BCUT2D eigenvalue weighted by atomic mass is 32.2. The van der Waals surface area contributed by atoms with E-state index >= 15 is 0 Å². The summed E-state index contributed by atoms with van der Waals surface area (Å²) in [7, 11) is -0.479. The van der Waals surface area contributed by atoms with Gasteiger partial charge in [-0.1, -0.05) is 12.2 Å². The molecular formula is C13H22AlNO5S. The normalized spacial score (nSPS) is 14.7. The van der Waals surface area contributed by atoms with Gasteiger partial charge in [-0.25, -0.2) is 13.2 Å². The fraction of sp³-hybridized carbons (Fsp3) is 0.615. The first-order chi connectivity index (χ1) is 9.76. The zero-order valence-electron chi connectivity index (χ0n) is 13.1. The molecule has 8 heteroatoms. The maximum absolute atomic E-state index is 12.2. The summed E-state index contributed by atoms with van der Waals surface area (Å²) < 4.78 is 35.8. The van der Waals surface area contributed by atoms with Crippen molar-refractivity contribution < 1.29 is 22.7 Å². The van der Waals surface area contributed by atoms with Gasteiger partial charge in [0.05, 0.1) is 12.7 Å². The van der Waals surface area contributed by atoms with E-state index in [1.54, 1.807) is 16.8 Å². The largest absolute Gasteiger partial charge is 0.465 e. The number of sulfone groups is 1. The van der Waals surface area contributed by atoms with Gasteiger partial charge < -0.3 is 14.0 Å². The van der Waals surface area contributed by atoms with E-state index in [1.165, 1.54) is 20.5 Å². The lowest BCUT2D eigenvalue weighted by Gasteiger charge is -2.23. The van der Waals surface area contributed by atoms with Gasteiger partial charge in [0.1, 0.15) is 12.0 Å². The molecule has 0 amide bonds. The predicted molar refractivity (Wildman–Crippen MR) is 82.9 cm³/mol. The Bertz CT molecular complexity index is 596. The van der Waals surface area contributed by atoms with E-state index < -0.39 is 21.1 Å². The van der Waals surface area contributed by atoms with Gasteiger partial charge in [-0.15, -0.1) is 0 Å². The Labute approximate surface area is 133 Å². The average Bonchev–Trinajstić information content (AvgIpc) is 2.80. The van der Waals surface area contributed by atoms with Crippen LogP contribution < -0.4 is 0 Å². The second-order valence-electron chi connectivity index (χ2n) is 5.17. The highest BCUT2D eigenvalue weighted by Gasteiger charge is 2.31. The van der Waals surface area contributed by atoms with Crippen molar-refractivity contribution in [3.05, 3.63) is 23.5 Å². The summed E-state index contributed by atoms with van der Waals surface area (Å²) in [6.45, 7) is 2.10. The van der Waals surface area contributed by atoms with Crippen LogP contribution in [0, 0.1) is 5.92 Å². The fourth-order valence-corrected chi connectivity index (χ4v) is 4.89. The van der Waals surface area contributed by atoms with Crippen LogP contribution in [0.4, 0.5) is 0 Å². The van der Waals surface area contributed by atoms with E-state index in [-0.39, 0.29) is 12.6 Å². The minimum absolute atomic E-state index is 0.0114.